The Kier molecular flexibility index (Phi) is 11.2. The van der Waals surface area contributed by atoms with Crippen LogP contribution >= 0.6 is 24.8 Å². The third kappa shape index (κ3) is 6.40. The molecule has 2 aliphatic heterocycles. The highest BCUT2D eigenvalue weighted by Gasteiger charge is 2.42. The van der Waals surface area contributed by atoms with E-state index in [-0.39, 0.29) is 24.8 Å². The van der Waals surface area contributed by atoms with E-state index in [1.807, 2.05) is 19.1 Å². The van der Waals surface area contributed by atoms with E-state index in [9.17, 15) is 0 Å². The lowest BCUT2D eigenvalue weighted by atomic mass is 9.82. The second kappa shape index (κ2) is 14.1. The highest BCUT2D eigenvalue weighted by molar-refractivity contribution is 5.85. The molecule has 3 aromatic rings. The Labute approximate surface area is 239 Å². The maximum Gasteiger partial charge on any atom is 0.131 e. The van der Waals surface area contributed by atoms with Crippen LogP contribution in [0.3, 0.4) is 0 Å². The van der Waals surface area contributed by atoms with Crippen LogP contribution < -0.4 is 14.2 Å². The third-order valence-electron chi connectivity index (χ3n) is 7.74. The van der Waals surface area contributed by atoms with Crippen LogP contribution in [-0.4, -0.2) is 62.3 Å². The van der Waals surface area contributed by atoms with Crippen LogP contribution in [0.15, 0.2) is 72.8 Å². The minimum Gasteiger partial charge on any atom is -0.496 e. The first-order chi connectivity index (χ1) is 17.7. The van der Waals surface area contributed by atoms with Crippen molar-refractivity contribution in [2.45, 2.75) is 44.3 Å². The molecule has 38 heavy (non-hydrogen) atoms. The summed E-state index contributed by atoms with van der Waals surface area (Å²) in [4.78, 5) is 5.40. The lowest BCUT2D eigenvalue weighted by Gasteiger charge is -2.47. The highest BCUT2D eigenvalue weighted by atomic mass is 35.5. The summed E-state index contributed by atoms with van der Waals surface area (Å²) in [6, 6.07) is 27.0. The van der Waals surface area contributed by atoms with Gasteiger partial charge in [-0.3, -0.25) is 9.80 Å². The summed E-state index contributed by atoms with van der Waals surface area (Å²) in [7, 11) is 3.41. The predicted molar refractivity (Wildman–Crippen MR) is 159 cm³/mol. The fraction of sp³-hybridized carbons (Fsp3) is 0.419. The molecule has 5 rings (SSSR count). The van der Waals surface area contributed by atoms with Gasteiger partial charge in [0, 0.05) is 49.8 Å². The Hall–Kier alpha value is -2.44. The number of hydrogen-bond acceptors (Lipinski definition) is 5. The molecule has 2 aliphatic rings. The fourth-order valence-corrected chi connectivity index (χ4v) is 6.18. The van der Waals surface area contributed by atoms with Crippen molar-refractivity contribution < 1.29 is 14.2 Å². The Bertz CT molecular complexity index is 1090. The van der Waals surface area contributed by atoms with Crippen molar-refractivity contribution in [3.63, 3.8) is 0 Å². The molecule has 0 amide bonds. The van der Waals surface area contributed by atoms with Gasteiger partial charge >= 0.3 is 0 Å². The fourth-order valence-electron chi connectivity index (χ4n) is 6.18. The van der Waals surface area contributed by atoms with E-state index in [2.05, 4.69) is 70.5 Å². The lowest BCUT2D eigenvalue weighted by molar-refractivity contribution is 0.0376. The van der Waals surface area contributed by atoms with E-state index >= 15 is 0 Å². The van der Waals surface area contributed by atoms with Crippen LogP contribution in [0.4, 0.5) is 0 Å². The Morgan fingerprint density at radius 1 is 0.842 bits per heavy atom. The molecule has 2 saturated heterocycles. The Morgan fingerprint density at radius 2 is 1.47 bits per heavy atom. The van der Waals surface area contributed by atoms with E-state index in [1.165, 1.54) is 30.5 Å². The maximum absolute atomic E-state index is 6.07. The number of piperazine rings is 1. The summed E-state index contributed by atoms with van der Waals surface area (Å²) in [6.07, 6.45) is 2.52. The summed E-state index contributed by atoms with van der Waals surface area (Å²) >= 11 is 0. The van der Waals surface area contributed by atoms with Crippen LogP contribution in [0.2, 0.25) is 0 Å². The summed E-state index contributed by atoms with van der Waals surface area (Å²) in [5.41, 5.74) is 3.87. The number of hydrogen-bond donors (Lipinski definition) is 0. The molecule has 2 atom stereocenters. The quantitative estimate of drug-likeness (QED) is 0.302. The molecule has 0 aromatic heterocycles. The lowest BCUT2D eigenvalue weighted by Crippen LogP contribution is -2.57. The van der Waals surface area contributed by atoms with E-state index in [0.29, 0.717) is 24.6 Å². The number of ether oxygens (including phenoxy) is 3. The van der Waals surface area contributed by atoms with Crippen molar-refractivity contribution in [3.05, 3.63) is 89.5 Å². The molecule has 0 spiro atoms. The van der Waals surface area contributed by atoms with E-state index < -0.39 is 0 Å². The van der Waals surface area contributed by atoms with Crippen LogP contribution in [0, 0.1) is 0 Å². The zero-order valence-corrected chi connectivity index (χ0v) is 24.2. The molecule has 0 aliphatic carbocycles. The number of fused-ring (bicyclic) bond motifs is 1. The van der Waals surface area contributed by atoms with Gasteiger partial charge in [0.1, 0.15) is 17.2 Å². The Balaban J connectivity index is 0.00000200. The summed E-state index contributed by atoms with van der Waals surface area (Å²) in [5.74, 6) is 2.75. The van der Waals surface area contributed by atoms with Gasteiger partial charge in [0.25, 0.3) is 0 Å². The highest BCUT2D eigenvalue weighted by Crippen LogP contribution is 2.40. The number of nitrogens with zero attached hydrogens (tertiary/aromatic N) is 2. The molecular formula is C31H40Cl2N2O3. The molecule has 0 bridgehead atoms. The predicted octanol–water partition coefficient (Wildman–Crippen LogP) is 6.43. The zero-order chi connectivity index (χ0) is 24.9. The first-order valence-corrected chi connectivity index (χ1v) is 13.2. The maximum atomic E-state index is 6.07. The van der Waals surface area contributed by atoms with Crippen molar-refractivity contribution in [2.24, 2.45) is 0 Å². The van der Waals surface area contributed by atoms with Crippen molar-refractivity contribution in [1.29, 1.82) is 0 Å². The first-order valence-electron chi connectivity index (χ1n) is 13.2. The standard InChI is InChI=1S/C31H38N2O3.2ClH/c1-4-36-30-19-26(34-2)18-29(35-3)27(30)21-32-20-25-16-11-17-33(25)28(22-32)31(23-12-7-5-8-13-23)24-14-9-6-10-15-24;;/h5-10,12-15,18-19,25,28,31H,4,11,16-17,20-22H2,1-3H3;2*1H/t25-,28-;;/m0../s1. The van der Waals surface area contributed by atoms with Gasteiger partial charge in [0.15, 0.2) is 0 Å². The molecule has 7 heteroatoms. The van der Waals surface area contributed by atoms with Gasteiger partial charge < -0.3 is 14.2 Å². The number of methoxy groups -OCH3 is 2. The van der Waals surface area contributed by atoms with E-state index in [1.54, 1.807) is 14.2 Å². The molecule has 0 saturated carbocycles. The van der Waals surface area contributed by atoms with Gasteiger partial charge in [-0.2, -0.15) is 0 Å². The molecule has 3 aromatic carbocycles. The largest absolute Gasteiger partial charge is 0.496 e. The van der Waals surface area contributed by atoms with Gasteiger partial charge in [-0.1, -0.05) is 60.7 Å². The van der Waals surface area contributed by atoms with Crippen LogP contribution in [0.5, 0.6) is 17.2 Å². The van der Waals surface area contributed by atoms with Gasteiger partial charge in [-0.25, -0.2) is 0 Å². The molecule has 206 valence electrons. The number of benzene rings is 3. The minimum atomic E-state index is 0. The molecule has 5 nitrogen and oxygen atoms in total. The van der Waals surface area contributed by atoms with Crippen molar-refractivity contribution in [1.82, 2.24) is 9.80 Å². The normalized spacial score (nSPS) is 19.3. The zero-order valence-electron chi connectivity index (χ0n) is 22.5. The molecule has 0 radical (unpaired) electrons. The average Bonchev–Trinajstić information content (AvgIpc) is 3.40. The molecular weight excluding hydrogens is 519 g/mol. The molecule has 2 fully saturated rings. The summed E-state index contributed by atoms with van der Waals surface area (Å²) < 4.78 is 17.4. The van der Waals surface area contributed by atoms with Crippen LogP contribution in [-0.2, 0) is 6.54 Å². The number of rotatable bonds is 9. The Morgan fingerprint density at radius 3 is 2.05 bits per heavy atom. The number of halogens is 2. The molecule has 0 N–H and O–H groups in total. The van der Waals surface area contributed by atoms with Crippen molar-refractivity contribution >= 4 is 24.8 Å². The van der Waals surface area contributed by atoms with Gasteiger partial charge in [-0.15, -0.1) is 24.8 Å². The van der Waals surface area contributed by atoms with Crippen molar-refractivity contribution in [3.8, 4) is 17.2 Å². The van der Waals surface area contributed by atoms with Crippen LogP contribution in [0.1, 0.15) is 42.4 Å². The van der Waals surface area contributed by atoms with Gasteiger partial charge in [-0.05, 0) is 37.4 Å². The molecule has 2 heterocycles. The second-order valence-electron chi connectivity index (χ2n) is 9.83. The molecule has 0 unspecified atom stereocenters. The SMILES string of the molecule is CCOc1cc(OC)cc(OC)c1CN1C[C@@H]2CCCN2[C@H](C(c2ccccc2)c2ccccc2)C1.Cl.Cl. The average molecular weight is 560 g/mol. The van der Waals surface area contributed by atoms with E-state index in [0.717, 1.165) is 42.4 Å². The monoisotopic (exact) mass is 558 g/mol. The summed E-state index contributed by atoms with van der Waals surface area (Å²) in [5, 5.41) is 0. The van der Waals surface area contributed by atoms with Crippen molar-refractivity contribution in [2.75, 3.05) is 40.5 Å². The topological polar surface area (TPSA) is 34.2 Å². The smallest absolute Gasteiger partial charge is 0.131 e. The minimum absolute atomic E-state index is 0. The second-order valence-corrected chi connectivity index (χ2v) is 9.83. The summed E-state index contributed by atoms with van der Waals surface area (Å²) in [6.45, 7) is 6.65. The third-order valence-corrected chi connectivity index (χ3v) is 7.74. The van der Waals surface area contributed by atoms with Crippen LogP contribution in [0.25, 0.3) is 0 Å². The first kappa shape index (κ1) is 30.1. The van der Waals surface area contributed by atoms with E-state index in [4.69, 9.17) is 14.2 Å². The van der Waals surface area contributed by atoms with Gasteiger partial charge in [0.05, 0.1) is 26.4 Å². The van der Waals surface area contributed by atoms with Gasteiger partial charge in [0.2, 0.25) is 0 Å².